The molecule has 0 unspecified atom stereocenters. The van der Waals surface area contributed by atoms with E-state index in [1.807, 2.05) is 25.3 Å². The highest BCUT2D eigenvalue weighted by molar-refractivity contribution is 7.12. The third kappa shape index (κ3) is 2.52. The number of rotatable bonds is 4. The first-order chi connectivity index (χ1) is 8.59. The molecule has 2 rings (SSSR count). The van der Waals surface area contributed by atoms with Gasteiger partial charge in [0.2, 0.25) is 5.78 Å². The molecule has 18 heavy (non-hydrogen) atoms. The summed E-state index contributed by atoms with van der Waals surface area (Å²) in [6, 6.07) is 2.02. The van der Waals surface area contributed by atoms with E-state index < -0.39 is 5.60 Å². The lowest BCUT2D eigenvalue weighted by molar-refractivity contribution is -0.0471. The molecule has 1 aromatic rings. The summed E-state index contributed by atoms with van der Waals surface area (Å²) in [7, 11) is 0. The summed E-state index contributed by atoms with van der Waals surface area (Å²) in [5.41, 5.74) is 0.541. The van der Waals surface area contributed by atoms with E-state index in [4.69, 9.17) is 4.74 Å². The number of thiophene rings is 1. The number of carbonyl (C=O) groups is 1. The van der Waals surface area contributed by atoms with Gasteiger partial charge in [-0.25, -0.2) is 0 Å². The van der Waals surface area contributed by atoms with Gasteiger partial charge < -0.3 is 4.74 Å². The van der Waals surface area contributed by atoms with Crippen LogP contribution in [0.3, 0.4) is 0 Å². The average molecular weight is 266 g/mol. The van der Waals surface area contributed by atoms with Gasteiger partial charge in [0, 0.05) is 6.61 Å². The maximum Gasteiger partial charge on any atom is 0.204 e. The van der Waals surface area contributed by atoms with Gasteiger partial charge >= 0.3 is 0 Å². The number of hydrogen-bond donors (Lipinski definition) is 0. The van der Waals surface area contributed by atoms with Crippen LogP contribution in [0.5, 0.6) is 0 Å². The number of hydrogen-bond acceptors (Lipinski definition) is 3. The van der Waals surface area contributed by atoms with Crippen LogP contribution in [0.1, 0.15) is 54.8 Å². The molecule has 0 saturated heterocycles. The zero-order valence-electron chi connectivity index (χ0n) is 11.5. The Morgan fingerprint density at radius 1 is 1.50 bits per heavy atom. The summed E-state index contributed by atoms with van der Waals surface area (Å²) in [6.45, 7) is 6.87. The Bertz CT molecular complexity index is 414. The fraction of sp³-hybridized carbons (Fsp3) is 0.667. The first kappa shape index (κ1) is 13.8. The molecule has 0 aromatic carbocycles. The fourth-order valence-electron chi connectivity index (χ4n) is 2.75. The third-order valence-corrected chi connectivity index (χ3v) is 5.00. The van der Waals surface area contributed by atoms with Crippen molar-refractivity contribution in [2.45, 2.75) is 52.1 Å². The van der Waals surface area contributed by atoms with Gasteiger partial charge in [-0.3, -0.25) is 4.79 Å². The molecule has 0 amide bonds. The zero-order valence-corrected chi connectivity index (χ0v) is 12.3. The van der Waals surface area contributed by atoms with Gasteiger partial charge in [-0.15, -0.1) is 11.3 Å². The molecule has 1 aromatic heterocycles. The Kier molecular flexibility index (Phi) is 4.23. The first-order valence-electron chi connectivity index (χ1n) is 6.82. The molecule has 0 aliphatic heterocycles. The Labute approximate surface area is 113 Å². The van der Waals surface area contributed by atoms with E-state index in [1.165, 1.54) is 0 Å². The monoisotopic (exact) mass is 266 g/mol. The highest BCUT2D eigenvalue weighted by atomic mass is 32.1. The fourth-order valence-corrected chi connectivity index (χ4v) is 3.71. The molecule has 0 spiro atoms. The number of Topliss-reactive ketones (excluding diaryl/α,β-unsaturated/α-hetero) is 1. The second-order valence-electron chi connectivity index (χ2n) is 5.37. The zero-order chi connectivity index (χ0) is 13.2. The molecule has 0 atom stereocenters. The summed E-state index contributed by atoms with van der Waals surface area (Å²) in [4.78, 5) is 13.7. The predicted octanol–water partition coefficient (Wildman–Crippen LogP) is 4.22. The second kappa shape index (κ2) is 5.54. The van der Waals surface area contributed by atoms with E-state index in [9.17, 15) is 4.79 Å². The van der Waals surface area contributed by atoms with Crippen molar-refractivity contribution >= 4 is 17.1 Å². The van der Waals surface area contributed by atoms with Crippen molar-refractivity contribution in [3.63, 3.8) is 0 Å². The highest BCUT2D eigenvalue weighted by Gasteiger charge is 2.42. The minimum atomic E-state index is -0.545. The van der Waals surface area contributed by atoms with Crippen LogP contribution in [0, 0.1) is 12.8 Å². The smallest absolute Gasteiger partial charge is 0.204 e. The minimum Gasteiger partial charge on any atom is -0.367 e. The number of aryl methyl sites for hydroxylation is 1. The number of carbonyl (C=O) groups excluding carboxylic acids is 1. The average Bonchev–Trinajstić information content (AvgIpc) is 2.78. The van der Waals surface area contributed by atoms with Gasteiger partial charge in [0.1, 0.15) is 5.60 Å². The molecule has 1 saturated carbocycles. The lowest BCUT2D eigenvalue weighted by Crippen LogP contribution is -2.44. The summed E-state index contributed by atoms with van der Waals surface area (Å²) >= 11 is 1.55. The van der Waals surface area contributed by atoms with Crippen molar-refractivity contribution in [2.24, 2.45) is 5.92 Å². The molecule has 1 fully saturated rings. The van der Waals surface area contributed by atoms with Crippen molar-refractivity contribution in [3.8, 4) is 0 Å². The van der Waals surface area contributed by atoms with Crippen LogP contribution in [0.25, 0.3) is 0 Å². The van der Waals surface area contributed by atoms with E-state index >= 15 is 0 Å². The molecule has 0 N–H and O–H groups in total. The van der Waals surface area contributed by atoms with E-state index in [1.54, 1.807) is 11.3 Å². The molecule has 0 radical (unpaired) electrons. The quantitative estimate of drug-likeness (QED) is 0.762. The summed E-state index contributed by atoms with van der Waals surface area (Å²) in [5.74, 6) is 0.930. The molecule has 1 heterocycles. The maximum atomic E-state index is 12.8. The summed E-state index contributed by atoms with van der Waals surface area (Å²) < 4.78 is 5.92. The Morgan fingerprint density at radius 3 is 2.67 bits per heavy atom. The van der Waals surface area contributed by atoms with Gasteiger partial charge in [-0.05, 0) is 62.5 Å². The van der Waals surface area contributed by atoms with Gasteiger partial charge in [-0.2, -0.15) is 0 Å². The van der Waals surface area contributed by atoms with Crippen molar-refractivity contribution in [1.82, 2.24) is 0 Å². The van der Waals surface area contributed by atoms with Crippen molar-refractivity contribution in [3.05, 3.63) is 21.9 Å². The lowest BCUT2D eigenvalue weighted by Gasteiger charge is -2.37. The first-order valence-corrected chi connectivity index (χ1v) is 7.70. The highest BCUT2D eigenvalue weighted by Crippen LogP contribution is 2.38. The Morgan fingerprint density at radius 2 is 2.17 bits per heavy atom. The summed E-state index contributed by atoms with van der Waals surface area (Å²) in [6.07, 6.45) is 3.93. The number of ether oxygens (including phenoxy) is 1. The molecular weight excluding hydrogens is 244 g/mol. The molecule has 100 valence electrons. The standard InChI is InChI=1S/C15H22O2S/c1-4-17-15(8-5-11(2)6-9-15)14(16)13-12(3)7-10-18-13/h7,10-11H,4-6,8-9H2,1-3H3. The largest absolute Gasteiger partial charge is 0.367 e. The van der Waals surface area contributed by atoms with Gasteiger partial charge in [0.25, 0.3) is 0 Å². The molecule has 0 bridgehead atoms. The van der Waals surface area contributed by atoms with Crippen LogP contribution in [0.2, 0.25) is 0 Å². The SMILES string of the molecule is CCOC1(C(=O)c2sccc2C)CCC(C)CC1. The lowest BCUT2D eigenvalue weighted by atomic mass is 9.76. The van der Waals surface area contributed by atoms with Crippen LogP contribution < -0.4 is 0 Å². The van der Waals surface area contributed by atoms with Crippen LogP contribution in [0.4, 0.5) is 0 Å². The topological polar surface area (TPSA) is 26.3 Å². The third-order valence-electron chi connectivity index (χ3n) is 3.98. The molecule has 2 nitrogen and oxygen atoms in total. The Balaban J connectivity index is 2.25. The van der Waals surface area contributed by atoms with E-state index in [-0.39, 0.29) is 5.78 Å². The van der Waals surface area contributed by atoms with Crippen LogP contribution in [-0.2, 0) is 4.74 Å². The maximum absolute atomic E-state index is 12.8. The summed E-state index contributed by atoms with van der Waals surface area (Å²) in [5, 5.41) is 1.99. The van der Waals surface area contributed by atoms with E-state index in [2.05, 4.69) is 6.92 Å². The second-order valence-corrected chi connectivity index (χ2v) is 6.29. The van der Waals surface area contributed by atoms with Crippen LogP contribution >= 0.6 is 11.3 Å². The number of ketones is 1. The van der Waals surface area contributed by atoms with Crippen molar-refractivity contribution in [2.75, 3.05) is 6.61 Å². The normalized spacial score (nSPS) is 28.3. The van der Waals surface area contributed by atoms with E-state index in [0.717, 1.165) is 42.0 Å². The molecule has 1 aliphatic carbocycles. The molecule has 3 heteroatoms. The van der Waals surface area contributed by atoms with Crippen molar-refractivity contribution < 1.29 is 9.53 Å². The predicted molar refractivity (Wildman–Crippen MR) is 75.4 cm³/mol. The molecular formula is C15H22O2S. The van der Waals surface area contributed by atoms with Crippen LogP contribution in [0.15, 0.2) is 11.4 Å². The van der Waals surface area contributed by atoms with Crippen LogP contribution in [-0.4, -0.2) is 18.0 Å². The minimum absolute atomic E-state index is 0.212. The van der Waals surface area contributed by atoms with Gasteiger partial charge in [0.15, 0.2) is 0 Å². The van der Waals surface area contributed by atoms with Gasteiger partial charge in [0.05, 0.1) is 4.88 Å². The molecule has 1 aliphatic rings. The Hall–Kier alpha value is -0.670. The van der Waals surface area contributed by atoms with Crippen molar-refractivity contribution in [1.29, 1.82) is 0 Å². The van der Waals surface area contributed by atoms with Gasteiger partial charge in [-0.1, -0.05) is 6.92 Å². The van der Waals surface area contributed by atoms with E-state index in [0.29, 0.717) is 6.61 Å².